The lowest BCUT2D eigenvalue weighted by atomic mass is 10.2. The van der Waals surface area contributed by atoms with Crippen LogP contribution in [0.2, 0.25) is 0 Å². The molecule has 0 aromatic heterocycles. The Kier molecular flexibility index (Phi) is 4.26. The molecule has 0 radical (unpaired) electrons. The second-order valence-electron chi connectivity index (χ2n) is 2.53. The van der Waals surface area contributed by atoms with Crippen LogP contribution in [-0.2, 0) is 0 Å². The lowest BCUT2D eigenvalue weighted by molar-refractivity contribution is 0.108. The summed E-state index contributed by atoms with van der Waals surface area (Å²) in [5, 5.41) is 0.467. The van der Waals surface area contributed by atoms with Gasteiger partial charge >= 0.3 is 0 Å². The molecule has 0 fully saturated rings. The predicted molar refractivity (Wildman–Crippen MR) is 60.3 cm³/mol. The van der Waals surface area contributed by atoms with E-state index >= 15 is 0 Å². The second kappa shape index (κ2) is 5.01. The zero-order valence-electron chi connectivity index (χ0n) is 6.64. The lowest BCUT2D eigenvalue weighted by Gasteiger charge is -2.04. The van der Waals surface area contributed by atoms with Gasteiger partial charge in [-0.25, -0.2) is 0 Å². The summed E-state index contributed by atoms with van der Waals surface area (Å²) in [6.07, 6.45) is 0. The maximum Gasteiger partial charge on any atom is 0.252 e. The molecule has 5 heteroatoms. The van der Waals surface area contributed by atoms with Gasteiger partial charge in [0.1, 0.15) is 0 Å². The van der Waals surface area contributed by atoms with E-state index in [9.17, 15) is 4.79 Å². The van der Waals surface area contributed by atoms with Crippen molar-refractivity contribution in [3.05, 3.63) is 29.8 Å². The normalized spacial score (nSPS) is 11.4. The van der Waals surface area contributed by atoms with E-state index in [1.807, 2.05) is 12.1 Å². The van der Waals surface area contributed by atoms with Crippen molar-refractivity contribution >= 4 is 54.8 Å². The van der Waals surface area contributed by atoms with E-state index in [1.165, 1.54) is 0 Å². The molecule has 0 amide bonds. The zero-order chi connectivity index (χ0) is 9.84. The zero-order valence-corrected chi connectivity index (χ0v) is 10.3. The fourth-order valence-corrected chi connectivity index (χ4v) is 3.45. The van der Waals surface area contributed by atoms with E-state index in [2.05, 4.69) is 0 Å². The SMILES string of the molecule is O=C(Cl)c1ccccc1[SiH2]C(Cl)Cl. The number of hydrogen-bond donors (Lipinski definition) is 0. The molecule has 0 aliphatic carbocycles. The summed E-state index contributed by atoms with van der Waals surface area (Å²) in [7, 11) is -0.823. The summed E-state index contributed by atoms with van der Waals surface area (Å²) in [5.74, 6) is 0. The van der Waals surface area contributed by atoms with Gasteiger partial charge < -0.3 is 0 Å². The van der Waals surface area contributed by atoms with Gasteiger partial charge in [0.05, 0.1) is 14.0 Å². The first-order chi connectivity index (χ1) is 6.11. The van der Waals surface area contributed by atoms with E-state index in [0.717, 1.165) is 5.19 Å². The maximum atomic E-state index is 10.9. The van der Waals surface area contributed by atoms with Crippen LogP contribution in [0.15, 0.2) is 24.3 Å². The fraction of sp³-hybridized carbons (Fsp3) is 0.125. The Labute approximate surface area is 93.8 Å². The maximum absolute atomic E-state index is 10.9. The van der Waals surface area contributed by atoms with Crippen LogP contribution in [0.1, 0.15) is 10.4 Å². The number of halogens is 3. The molecule has 0 saturated heterocycles. The van der Waals surface area contributed by atoms with Crippen LogP contribution in [0.5, 0.6) is 0 Å². The van der Waals surface area contributed by atoms with Gasteiger partial charge in [-0.3, -0.25) is 4.79 Å². The van der Waals surface area contributed by atoms with Crippen LogP contribution < -0.4 is 5.19 Å². The van der Waals surface area contributed by atoms with E-state index in [-0.39, 0.29) is 4.46 Å². The minimum Gasteiger partial charge on any atom is -0.276 e. The summed E-state index contributed by atoms with van der Waals surface area (Å²) in [5.41, 5.74) is 0.530. The van der Waals surface area contributed by atoms with Gasteiger partial charge in [-0.05, 0) is 11.6 Å². The summed E-state index contributed by atoms with van der Waals surface area (Å²) < 4.78 is -0.378. The van der Waals surface area contributed by atoms with E-state index in [1.54, 1.807) is 12.1 Å². The molecule has 0 unspecified atom stereocenters. The van der Waals surface area contributed by atoms with Crippen molar-refractivity contribution < 1.29 is 4.79 Å². The van der Waals surface area contributed by atoms with Gasteiger partial charge in [0, 0.05) is 5.56 Å². The Hall–Kier alpha value is -0.0231. The molecule has 0 atom stereocenters. The summed E-state index contributed by atoms with van der Waals surface area (Å²) in [4.78, 5) is 10.9. The molecule has 1 nitrogen and oxygen atoms in total. The van der Waals surface area contributed by atoms with Gasteiger partial charge in [-0.2, -0.15) is 0 Å². The minimum atomic E-state index is -0.823. The lowest BCUT2D eigenvalue weighted by Crippen LogP contribution is -2.25. The molecule has 0 aliphatic rings. The highest BCUT2D eigenvalue weighted by molar-refractivity contribution is 6.78. The molecule has 0 aliphatic heterocycles. The highest BCUT2D eigenvalue weighted by Crippen LogP contribution is 2.04. The monoisotopic (exact) mass is 252 g/mol. The second-order valence-corrected chi connectivity index (χ2v) is 7.17. The highest BCUT2D eigenvalue weighted by Gasteiger charge is 2.10. The quantitative estimate of drug-likeness (QED) is 0.455. The number of benzene rings is 1. The first-order valence-corrected chi connectivity index (χ1v) is 6.44. The van der Waals surface area contributed by atoms with Gasteiger partial charge in [-0.15, -0.1) is 23.2 Å². The summed E-state index contributed by atoms with van der Waals surface area (Å²) in [6.45, 7) is 0. The van der Waals surface area contributed by atoms with Crippen molar-refractivity contribution in [3.8, 4) is 0 Å². The summed E-state index contributed by atoms with van der Waals surface area (Å²) in [6, 6.07) is 7.15. The Morgan fingerprint density at radius 1 is 1.31 bits per heavy atom. The van der Waals surface area contributed by atoms with Crippen LogP contribution >= 0.6 is 34.8 Å². The van der Waals surface area contributed by atoms with Crippen molar-refractivity contribution in [2.24, 2.45) is 0 Å². The van der Waals surface area contributed by atoms with Crippen molar-refractivity contribution in [1.29, 1.82) is 0 Å². The van der Waals surface area contributed by atoms with E-state index in [0.29, 0.717) is 5.56 Å². The first-order valence-electron chi connectivity index (χ1n) is 3.67. The molecule has 0 N–H and O–H groups in total. The van der Waals surface area contributed by atoms with Crippen LogP contribution in [0.3, 0.4) is 0 Å². The Bertz CT molecular complexity index is 314. The Morgan fingerprint density at radius 3 is 2.46 bits per heavy atom. The fourth-order valence-electron chi connectivity index (χ4n) is 1.06. The topological polar surface area (TPSA) is 17.1 Å². The number of hydrogen-bond acceptors (Lipinski definition) is 1. The van der Waals surface area contributed by atoms with E-state index in [4.69, 9.17) is 34.8 Å². The number of carbonyl (C=O) groups is 1. The van der Waals surface area contributed by atoms with Crippen molar-refractivity contribution in [2.45, 2.75) is 4.46 Å². The predicted octanol–water partition coefficient (Wildman–Crippen LogP) is 1.62. The molecular weight excluding hydrogens is 247 g/mol. The molecule has 13 heavy (non-hydrogen) atoms. The highest BCUT2D eigenvalue weighted by atomic mass is 35.5. The van der Waals surface area contributed by atoms with Crippen molar-refractivity contribution in [1.82, 2.24) is 0 Å². The molecule has 0 heterocycles. The largest absolute Gasteiger partial charge is 0.276 e. The van der Waals surface area contributed by atoms with Crippen LogP contribution in [-0.4, -0.2) is 19.2 Å². The number of rotatable bonds is 3. The van der Waals surface area contributed by atoms with Crippen molar-refractivity contribution in [2.75, 3.05) is 0 Å². The molecule has 70 valence electrons. The summed E-state index contributed by atoms with van der Waals surface area (Å²) >= 11 is 16.7. The average molecular weight is 254 g/mol. The van der Waals surface area contributed by atoms with Crippen LogP contribution in [0.4, 0.5) is 0 Å². The van der Waals surface area contributed by atoms with Gasteiger partial charge in [0.15, 0.2) is 0 Å². The van der Waals surface area contributed by atoms with Gasteiger partial charge in [0.2, 0.25) is 0 Å². The Morgan fingerprint density at radius 2 is 1.92 bits per heavy atom. The molecule has 0 spiro atoms. The third-order valence-electron chi connectivity index (χ3n) is 1.60. The first kappa shape index (κ1) is 11.1. The van der Waals surface area contributed by atoms with Crippen LogP contribution in [0, 0.1) is 0 Å². The van der Waals surface area contributed by atoms with E-state index < -0.39 is 14.8 Å². The van der Waals surface area contributed by atoms with Crippen molar-refractivity contribution in [3.63, 3.8) is 0 Å². The Balaban J connectivity index is 2.98. The average Bonchev–Trinajstić information content (AvgIpc) is 2.03. The van der Waals surface area contributed by atoms with Gasteiger partial charge in [0.25, 0.3) is 5.24 Å². The minimum absolute atomic E-state index is 0.378. The molecule has 0 saturated carbocycles. The van der Waals surface area contributed by atoms with Crippen LogP contribution in [0.25, 0.3) is 0 Å². The molecule has 0 bridgehead atoms. The van der Waals surface area contributed by atoms with Gasteiger partial charge in [-0.1, -0.05) is 29.5 Å². The standard InChI is InChI=1S/C8H7Cl3OSi/c9-7(12)5-3-1-2-4-6(5)13-8(10)11/h1-4,8H,13H2. The molecular formula is C8H7Cl3OSi. The smallest absolute Gasteiger partial charge is 0.252 e. The third kappa shape index (κ3) is 3.31. The molecule has 1 aromatic rings. The number of alkyl halides is 2. The number of carbonyl (C=O) groups excluding carboxylic acids is 1. The third-order valence-corrected chi connectivity index (χ3v) is 4.10. The molecule has 1 aromatic carbocycles. The molecule has 1 rings (SSSR count).